The third-order valence-corrected chi connectivity index (χ3v) is 4.71. The number of nitrogens with one attached hydrogen (secondary N) is 2. The number of H-pyrrole nitrogens is 1. The standard InChI is InChI=1S/C12H10BrClN2O3S/c13-9-3-1-8(2-4-9)6-16-20(18,19)10-5-11(14)12(17)15-7-10/h1-5,7,16H,6H2,(H,15,17). The van der Waals surface area contributed by atoms with Crippen LogP contribution in [-0.4, -0.2) is 13.4 Å². The van der Waals surface area contributed by atoms with E-state index in [2.05, 4.69) is 25.6 Å². The molecule has 2 N–H and O–H groups in total. The molecule has 106 valence electrons. The average molecular weight is 378 g/mol. The number of sulfonamides is 1. The first kappa shape index (κ1) is 15.2. The van der Waals surface area contributed by atoms with Gasteiger partial charge in [0, 0.05) is 17.2 Å². The molecule has 1 aromatic heterocycles. The molecule has 0 fully saturated rings. The summed E-state index contributed by atoms with van der Waals surface area (Å²) in [7, 11) is -3.72. The largest absolute Gasteiger partial charge is 0.326 e. The van der Waals surface area contributed by atoms with Crippen LogP contribution < -0.4 is 10.3 Å². The number of rotatable bonds is 4. The summed E-state index contributed by atoms with van der Waals surface area (Å²) in [6.45, 7) is 0.145. The van der Waals surface area contributed by atoms with Crippen molar-refractivity contribution in [2.24, 2.45) is 0 Å². The predicted octanol–water partition coefficient (Wildman–Crippen LogP) is 2.27. The van der Waals surface area contributed by atoms with Gasteiger partial charge in [0.15, 0.2) is 0 Å². The molecule has 1 heterocycles. The molecular formula is C12H10BrClN2O3S. The zero-order valence-corrected chi connectivity index (χ0v) is 13.2. The summed E-state index contributed by atoms with van der Waals surface area (Å²) >= 11 is 8.91. The number of aromatic nitrogens is 1. The van der Waals surface area contributed by atoms with Crippen molar-refractivity contribution in [1.82, 2.24) is 9.71 Å². The molecule has 0 saturated heterocycles. The molecule has 20 heavy (non-hydrogen) atoms. The van der Waals surface area contributed by atoms with Crippen molar-refractivity contribution in [3.05, 3.63) is 61.9 Å². The third kappa shape index (κ3) is 3.69. The van der Waals surface area contributed by atoms with E-state index < -0.39 is 15.6 Å². The van der Waals surface area contributed by atoms with Crippen LogP contribution in [0.4, 0.5) is 0 Å². The van der Waals surface area contributed by atoms with Gasteiger partial charge in [0.05, 0.1) is 4.90 Å². The molecular weight excluding hydrogens is 368 g/mol. The number of halogens is 2. The first-order chi connectivity index (χ1) is 9.38. The number of hydrogen-bond acceptors (Lipinski definition) is 3. The van der Waals surface area contributed by atoms with Gasteiger partial charge in [0.1, 0.15) is 5.02 Å². The van der Waals surface area contributed by atoms with Gasteiger partial charge < -0.3 is 4.98 Å². The second-order valence-electron chi connectivity index (χ2n) is 3.96. The minimum Gasteiger partial charge on any atom is -0.326 e. The summed E-state index contributed by atoms with van der Waals surface area (Å²) in [6, 6.07) is 8.35. The normalized spacial score (nSPS) is 11.5. The van der Waals surface area contributed by atoms with E-state index in [1.807, 2.05) is 12.1 Å². The summed E-state index contributed by atoms with van der Waals surface area (Å²) in [5, 5.41) is -0.170. The predicted molar refractivity (Wildman–Crippen MR) is 80.2 cm³/mol. The van der Waals surface area contributed by atoms with E-state index in [9.17, 15) is 13.2 Å². The molecule has 0 unspecified atom stereocenters. The maximum absolute atomic E-state index is 12.0. The SMILES string of the molecule is O=c1[nH]cc(S(=O)(=O)NCc2ccc(Br)cc2)cc1Cl. The van der Waals surface area contributed by atoms with Gasteiger partial charge in [-0.15, -0.1) is 0 Å². The van der Waals surface area contributed by atoms with Crippen molar-refractivity contribution in [2.75, 3.05) is 0 Å². The minimum atomic E-state index is -3.72. The van der Waals surface area contributed by atoms with Gasteiger partial charge in [0.2, 0.25) is 10.0 Å². The zero-order chi connectivity index (χ0) is 14.8. The highest BCUT2D eigenvalue weighted by Crippen LogP contribution is 2.13. The van der Waals surface area contributed by atoms with Crippen LogP contribution in [0.15, 0.2) is 50.7 Å². The Morgan fingerprint density at radius 1 is 1.25 bits per heavy atom. The van der Waals surface area contributed by atoms with Gasteiger partial charge >= 0.3 is 0 Å². The molecule has 8 heteroatoms. The summed E-state index contributed by atoms with van der Waals surface area (Å²) in [5.74, 6) is 0. The Bertz CT molecular complexity index is 772. The molecule has 0 radical (unpaired) electrons. The molecule has 0 bridgehead atoms. The lowest BCUT2D eigenvalue weighted by atomic mass is 10.2. The van der Waals surface area contributed by atoms with Crippen molar-refractivity contribution < 1.29 is 8.42 Å². The highest BCUT2D eigenvalue weighted by atomic mass is 79.9. The summed E-state index contributed by atoms with van der Waals surface area (Å²) in [5.41, 5.74) is 0.283. The molecule has 0 spiro atoms. The van der Waals surface area contributed by atoms with Crippen molar-refractivity contribution in [1.29, 1.82) is 0 Å². The summed E-state index contributed by atoms with van der Waals surface area (Å²) in [4.78, 5) is 13.3. The number of benzene rings is 1. The van der Waals surface area contributed by atoms with Crippen LogP contribution in [0.1, 0.15) is 5.56 Å². The van der Waals surface area contributed by atoms with E-state index >= 15 is 0 Å². The highest BCUT2D eigenvalue weighted by molar-refractivity contribution is 9.10. The monoisotopic (exact) mass is 376 g/mol. The molecule has 2 rings (SSSR count). The van der Waals surface area contributed by atoms with Crippen LogP contribution in [0.3, 0.4) is 0 Å². The maximum Gasteiger partial charge on any atom is 0.266 e. The Kier molecular flexibility index (Phi) is 4.64. The molecule has 5 nitrogen and oxygen atoms in total. The minimum absolute atomic E-state index is 0.0841. The molecule has 0 atom stereocenters. The molecule has 0 aliphatic rings. The number of aromatic amines is 1. The van der Waals surface area contributed by atoms with E-state index in [4.69, 9.17) is 11.6 Å². The van der Waals surface area contributed by atoms with Gasteiger partial charge in [-0.1, -0.05) is 39.7 Å². The molecule has 0 aliphatic carbocycles. The van der Waals surface area contributed by atoms with Crippen molar-refractivity contribution >= 4 is 37.6 Å². The van der Waals surface area contributed by atoms with Gasteiger partial charge in [-0.25, -0.2) is 13.1 Å². The maximum atomic E-state index is 12.0. The Morgan fingerprint density at radius 3 is 2.50 bits per heavy atom. The molecule has 0 saturated carbocycles. The van der Waals surface area contributed by atoms with Crippen LogP contribution in [-0.2, 0) is 16.6 Å². The smallest absolute Gasteiger partial charge is 0.266 e. The Morgan fingerprint density at radius 2 is 1.90 bits per heavy atom. The Labute approximate surface area is 129 Å². The van der Waals surface area contributed by atoms with Crippen molar-refractivity contribution in [2.45, 2.75) is 11.4 Å². The lowest BCUT2D eigenvalue weighted by Gasteiger charge is -2.07. The lowest BCUT2D eigenvalue weighted by molar-refractivity contribution is 0.581. The van der Waals surface area contributed by atoms with Crippen LogP contribution in [0.2, 0.25) is 5.02 Å². The van der Waals surface area contributed by atoms with Crippen LogP contribution in [0.25, 0.3) is 0 Å². The summed E-state index contributed by atoms with van der Waals surface area (Å²) in [6.07, 6.45) is 1.11. The highest BCUT2D eigenvalue weighted by Gasteiger charge is 2.15. The van der Waals surface area contributed by atoms with Crippen LogP contribution in [0.5, 0.6) is 0 Å². The van der Waals surface area contributed by atoms with E-state index in [1.54, 1.807) is 12.1 Å². The van der Waals surface area contributed by atoms with Crippen molar-refractivity contribution in [3.8, 4) is 0 Å². The van der Waals surface area contributed by atoms with E-state index in [0.29, 0.717) is 0 Å². The van der Waals surface area contributed by atoms with Crippen LogP contribution in [0, 0.1) is 0 Å². The Balaban J connectivity index is 2.16. The summed E-state index contributed by atoms with van der Waals surface area (Å²) < 4.78 is 27.4. The van der Waals surface area contributed by atoms with E-state index in [-0.39, 0.29) is 16.5 Å². The molecule has 0 amide bonds. The van der Waals surface area contributed by atoms with E-state index in [1.165, 1.54) is 0 Å². The topological polar surface area (TPSA) is 79.0 Å². The zero-order valence-electron chi connectivity index (χ0n) is 10.1. The molecule has 2 aromatic rings. The number of pyridine rings is 1. The van der Waals surface area contributed by atoms with Crippen molar-refractivity contribution in [3.63, 3.8) is 0 Å². The fourth-order valence-electron chi connectivity index (χ4n) is 1.46. The second kappa shape index (κ2) is 6.09. The van der Waals surface area contributed by atoms with Crippen LogP contribution >= 0.6 is 27.5 Å². The quantitative estimate of drug-likeness (QED) is 0.858. The third-order valence-electron chi connectivity index (χ3n) is 2.52. The molecule has 0 aliphatic heterocycles. The van der Waals surface area contributed by atoms with E-state index in [0.717, 1.165) is 22.3 Å². The first-order valence-corrected chi connectivity index (χ1v) is 8.16. The fourth-order valence-corrected chi connectivity index (χ4v) is 2.97. The number of hydrogen-bond donors (Lipinski definition) is 2. The van der Waals surface area contributed by atoms with Gasteiger partial charge in [-0.3, -0.25) is 4.79 Å². The fraction of sp³-hybridized carbons (Fsp3) is 0.0833. The molecule has 1 aromatic carbocycles. The average Bonchev–Trinajstić information content (AvgIpc) is 2.41. The second-order valence-corrected chi connectivity index (χ2v) is 7.05. The van der Waals surface area contributed by atoms with Gasteiger partial charge in [0.25, 0.3) is 5.56 Å². The Hall–Kier alpha value is -1.15. The lowest BCUT2D eigenvalue weighted by Crippen LogP contribution is -2.24. The van der Waals surface area contributed by atoms with Gasteiger partial charge in [-0.05, 0) is 23.8 Å². The van der Waals surface area contributed by atoms with Gasteiger partial charge in [-0.2, -0.15) is 0 Å². The first-order valence-electron chi connectivity index (χ1n) is 5.51.